The summed E-state index contributed by atoms with van der Waals surface area (Å²) in [5.41, 5.74) is 1.03. The molecule has 0 heterocycles. The van der Waals surface area contributed by atoms with Crippen LogP contribution in [0.15, 0.2) is 41.7 Å². The van der Waals surface area contributed by atoms with Crippen molar-refractivity contribution in [1.29, 1.82) is 10.5 Å². The normalized spacial score (nSPS) is 8.76. The first-order valence-electron chi connectivity index (χ1n) is 5.12. The lowest BCUT2D eigenvalue weighted by atomic mass is 10.2. The van der Waals surface area contributed by atoms with Gasteiger partial charge in [0.05, 0.1) is 0 Å². The molecule has 0 fully saturated rings. The molecule has 4 heteroatoms. The molecule has 0 aromatic heterocycles. The van der Waals surface area contributed by atoms with E-state index in [9.17, 15) is 0 Å². The smallest absolute Gasteiger partial charge is 0.170 e. The first-order valence-corrected chi connectivity index (χ1v) is 5.12. The average molecular weight is 226 g/mol. The minimum atomic E-state index is 0.0985. The number of hydrogen-bond acceptors (Lipinski definition) is 4. The molecule has 86 valence electrons. The van der Waals surface area contributed by atoms with Crippen LogP contribution in [0.5, 0.6) is 0 Å². The highest BCUT2D eigenvalue weighted by molar-refractivity contribution is 5.55. The fourth-order valence-corrected chi connectivity index (χ4v) is 1.59. The van der Waals surface area contributed by atoms with E-state index in [2.05, 4.69) is 0 Å². The second-order valence-electron chi connectivity index (χ2n) is 3.71. The Bertz CT molecular complexity index is 472. The van der Waals surface area contributed by atoms with Gasteiger partial charge in [0, 0.05) is 26.8 Å². The van der Waals surface area contributed by atoms with Crippen molar-refractivity contribution in [3.05, 3.63) is 41.7 Å². The van der Waals surface area contributed by atoms with Gasteiger partial charge in [0.2, 0.25) is 0 Å². The highest BCUT2D eigenvalue weighted by Gasteiger charge is 2.14. The number of rotatable bonds is 3. The van der Waals surface area contributed by atoms with Crippen molar-refractivity contribution in [3.8, 4) is 12.1 Å². The third kappa shape index (κ3) is 2.76. The third-order valence-electron chi connectivity index (χ3n) is 2.33. The fraction of sp³-hybridized carbons (Fsp3) is 0.231. The van der Waals surface area contributed by atoms with Gasteiger partial charge in [-0.05, 0) is 12.1 Å². The first-order chi connectivity index (χ1) is 8.11. The van der Waals surface area contributed by atoms with Gasteiger partial charge in [-0.2, -0.15) is 10.5 Å². The van der Waals surface area contributed by atoms with Crippen molar-refractivity contribution >= 4 is 5.69 Å². The number of anilines is 1. The monoisotopic (exact) mass is 226 g/mol. The molecular formula is C13H14N4. The van der Waals surface area contributed by atoms with Crippen LogP contribution in [0.3, 0.4) is 0 Å². The Labute approximate surface area is 102 Å². The Balaban J connectivity index is 3.25. The second kappa shape index (κ2) is 5.58. The van der Waals surface area contributed by atoms with Gasteiger partial charge in [-0.15, -0.1) is 0 Å². The summed E-state index contributed by atoms with van der Waals surface area (Å²) in [6.45, 7) is 0. The number of allylic oxidation sites excluding steroid dienone is 1. The predicted octanol–water partition coefficient (Wildman–Crippen LogP) is 1.94. The zero-order valence-corrected chi connectivity index (χ0v) is 10.2. The van der Waals surface area contributed by atoms with Gasteiger partial charge in [-0.1, -0.05) is 18.2 Å². The largest absolute Gasteiger partial charge is 0.362 e. The lowest BCUT2D eigenvalue weighted by molar-refractivity contribution is 0.494. The van der Waals surface area contributed by atoms with Crippen molar-refractivity contribution in [1.82, 2.24) is 4.90 Å². The molecule has 0 aliphatic rings. The Hall–Kier alpha value is -2.46. The summed E-state index contributed by atoms with van der Waals surface area (Å²) >= 11 is 0. The van der Waals surface area contributed by atoms with Crippen LogP contribution in [-0.2, 0) is 0 Å². The molecule has 0 spiro atoms. The van der Waals surface area contributed by atoms with Crippen LogP contribution in [0.4, 0.5) is 5.69 Å². The number of para-hydroxylation sites is 1. The van der Waals surface area contributed by atoms with E-state index in [0.717, 1.165) is 5.69 Å². The van der Waals surface area contributed by atoms with Crippen LogP contribution in [0.25, 0.3) is 0 Å². The molecule has 0 bridgehead atoms. The molecule has 0 saturated heterocycles. The zero-order chi connectivity index (χ0) is 12.8. The molecule has 1 aromatic carbocycles. The SMILES string of the molecule is CN(C)C(=C(C#N)C#N)N(C)c1ccccc1. The van der Waals surface area contributed by atoms with E-state index in [1.165, 1.54) is 0 Å². The van der Waals surface area contributed by atoms with Crippen LogP contribution in [-0.4, -0.2) is 26.0 Å². The van der Waals surface area contributed by atoms with Gasteiger partial charge in [0.1, 0.15) is 18.0 Å². The van der Waals surface area contributed by atoms with Crippen molar-refractivity contribution in [2.45, 2.75) is 0 Å². The number of benzene rings is 1. The molecule has 1 aromatic rings. The lowest BCUT2D eigenvalue weighted by Gasteiger charge is -2.28. The minimum Gasteiger partial charge on any atom is -0.362 e. The molecule has 0 aliphatic carbocycles. The average Bonchev–Trinajstić information content (AvgIpc) is 2.35. The van der Waals surface area contributed by atoms with Crippen LogP contribution in [0.1, 0.15) is 0 Å². The second-order valence-corrected chi connectivity index (χ2v) is 3.71. The van der Waals surface area contributed by atoms with E-state index in [4.69, 9.17) is 10.5 Å². The van der Waals surface area contributed by atoms with E-state index >= 15 is 0 Å². The number of nitriles is 2. The fourth-order valence-electron chi connectivity index (χ4n) is 1.59. The van der Waals surface area contributed by atoms with E-state index in [-0.39, 0.29) is 5.57 Å². The molecule has 0 aliphatic heterocycles. The van der Waals surface area contributed by atoms with Crippen LogP contribution in [0.2, 0.25) is 0 Å². The summed E-state index contributed by atoms with van der Waals surface area (Å²) < 4.78 is 0. The maximum Gasteiger partial charge on any atom is 0.170 e. The highest BCUT2D eigenvalue weighted by atomic mass is 15.3. The molecule has 0 unspecified atom stereocenters. The highest BCUT2D eigenvalue weighted by Crippen LogP contribution is 2.20. The quantitative estimate of drug-likeness (QED) is 0.739. The van der Waals surface area contributed by atoms with E-state index in [0.29, 0.717) is 5.82 Å². The van der Waals surface area contributed by atoms with Crippen molar-refractivity contribution in [2.75, 3.05) is 26.0 Å². The summed E-state index contributed by atoms with van der Waals surface area (Å²) in [7, 11) is 5.45. The third-order valence-corrected chi connectivity index (χ3v) is 2.33. The topological polar surface area (TPSA) is 54.1 Å². The standard InChI is InChI=1S/C13H14N4/c1-16(2)13(11(9-14)10-15)17(3)12-7-5-4-6-8-12/h4-8H,1-3H3. The molecule has 0 radical (unpaired) electrons. The van der Waals surface area contributed by atoms with Gasteiger partial charge in [-0.25, -0.2) is 0 Å². The van der Waals surface area contributed by atoms with E-state index in [1.54, 1.807) is 4.90 Å². The summed E-state index contributed by atoms with van der Waals surface area (Å²) in [4.78, 5) is 3.58. The van der Waals surface area contributed by atoms with Crippen molar-refractivity contribution in [3.63, 3.8) is 0 Å². The maximum absolute atomic E-state index is 8.96. The Morgan fingerprint density at radius 3 is 1.94 bits per heavy atom. The Kier molecular flexibility index (Phi) is 4.14. The van der Waals surface area contributed by atoms with Gasteiger partial charge < -0.3 is 9.80 Å². The Morgan fingerprint density at radius 1 is 1.00 bits per heavy atom. The first kappa shape index (κ1) is 12.6. The summed E-state index contributed by atoms with van der Waals surface area (Å²) in [5, 5.41) is 17.9. The maximum atomic E-state index is 8.96. The summed E-state index contributed by atoms with van der Waals surface area (Å²) in [6, 6.07) is 13.4. The Morgan fingerprint density at radius 2 is 1.53 bits per heavy atom. The molecule has 0 N–H and O–H groups in total. The van der Waals surface area contributed by atoms with Gasteiger partial charge in [-0.3, -0.25) is 0 Å². The van der Waals surface area contributed by atoms with E-state index in [1.807, 2.05) is 68.5 Å². The van der Waals surface area contributed by atoms with Crippen LogP contribution in [0, 0.1) is 22.7 Å². The molecular weight excluding hydrogens is 212 g/mol. The predicted molar refractivity (Wildman–Crippen MR) is 66.8 cm³/mol. The molecule has 17 heavy (non-hydrogen) atoms. The van der Waals surface area contributed by atoms with E-state index < -0.39 is 0 Å². The molecule has 0 atom stereocenters. The molecule has 0 saturated carbocycles. The van der Waals surface area contributed by atoms with Gasteiger partial charge in [0.25, 0.3) is 0 Å². The summed E-state index contributed by atoms with van der Waals surface area (Å²) in [6.07, 6.45) is 0. The van der Waals surface area contributed by atoms with Crippen LogP contribution < -0.4 is 4.90 Å². The zero-order valence-electron chi connectivity index (χ0n) is 10.2. The van der Waals surface area contributed by atoms with Crippen LogP contribution >= 0.6 is 0 Å². The molecule has 1 rings (SSSR count). The van der Waals surface area contributed by atoms with Crippen molar-refractivity contribution < 1.29 is 0 Å². The molecule has 0 amide bonds. The minimum absolute atomic E-state index is 0.0985. The van der Waals surface area contributed by atoms with Crippen molar-refractivity contribution in [2.24, 2.45) is 0 Å². The number of nitrogens with zero attached hydrogens (tertiary/aromatic N) is 4. The number of hydrogen-bond donors (Lipinski definition) is 0. The lowest BCUT2D eigenvalue weighted by Crippen LogP contribution is -2.29. The summed E-state index contributed by atoms with van der Waals surface area (Å²) in [5.74, 6) is 0.584. The van der Waals surface area contributed by atoms with Gasteiger partial charge >= 0.3 is 0 Å². The molecule has 4 nitrogen and oxygen atoms in total. The van der Waals surface area contributed by atoms with Gasteiger partial charge in [0.15, 0.2) is 5.57 Å².